The fraction of sp³-hybridized carbons (Fsp3) is 0.300. The maximum atomic E-state index is 12.9. The normalized spacial score (nSPS) is 17.7. The lowest BCUT2D eigenvalue weighted by molar-refractivity contribution is -0.137. The Balaban J connectivity index is 1.63. The van der Waals surface area contributed by atoms with Crippen molar-refractivity contribution in [2.24, 2.45) is 0 Å². The minimum Gasteiger partial charge on any atom is -0.452 e. The molecule has 1 atom stereocenters. The standard InChI is InChI=1S/C20H19F3N2O5S/c21-20(22,23)13-4-3-5-14(10-13)24-17-7-2-1-6-16(17)19(27)30-11-18(26)25-15-8-9-31(28,29)12-15/h1-7,10,15,24H,8-9,11-12H2,(H,25,26). The molecule has 1 fully saturated rings. The number of para-hydroxylation sites is 1. The van der Waals surface area contributed by atoms with Crippen molar-refractivity contribution >= 4 is 33.1 Å². The molecule has 166 valence electrons. The van der Waals surface area contributed by atoms with Crippen LogP contribution in [0.2, 0.25) is 0 Å². The number of carbonyl (C=O) groups excluding carboxylic acids is 2. The maximum absolute atomic E-state index is 12.9. The number of hydrogen-bond donors (Lipinski definition) is 2. The highest BCUT2D eigenvalue weighted by Crippen LogP contribution is 2.32. The molecule has 1 aliphatic heterocycles. The van der Waals surface area contributed by atoms with E-state index in [4.69, 9.17) is 4.74 Å². The quantitative estimate of drug-likeness (QED) is 0.649. The number of sulfone groups is 1. The molecule has 0 aliphatic carbocycles. The summed E-state index contributed by atoms with van der Waals surface area (Å²) in [6, 6.07) is 9.98. The van der Waals surface area contributed by atoms with Gasteiger partial charge in [0.1, 0.15) is 0 Å². The predicted octanol–water partition coefficient (Wildman–Crippen LogP) is 2.91. The number of halogens is 3. The number of alkyl halides is 3. The summed E-state index contributed by atoms with van der Waals surface area (Å²) in [6.45, 7) is -0.618. The van der Waals surface area contributed by atoms with Gasteiger partial charge in [0.05, 0.1) is 28.3 Å². The van der Waals surface area contributed by atoms with Crippen LogP contribution in [0.3, 0.4) is 0 Å². The van der Waals surface area contributed by atoms with E-state index in [0.29, 0.717) is 6.42 Å². The molecule has 0 aromatic heterocycles. The van der Waals surface area contributed by atoms with Crippen LogP contribution >= 0.6 is 0 Å². The van der Waals surface area contributed by atoms with Crippen molar-refractivity contribution in [1.82, 2.24) is 5.32 Å². The third-order valence-corrected chi connectivity index (χ3v) is 6.32. The summed E-state index contributed by atoms with van der Waals surface area (Å²) < 4.78 is 66.6. The van der Waals surface area contributed by atoms with Crippen LogP contribution < -0.4 is 10.6 Å². The molecule has 2 aromatic carbocycles. The first-order valence-corrected chi connectivity index (χ1v) is 11.1. The van der Waals surface area contributed by atoms with Crippen molar-refractivity contribution < 1.29 is 35.9 Å². The number of esters is 1. The third kappa shape index (κ3) is 6.20. The van der Waals surface area contributed by atoms with E-state index in [0.717, 1.165) is 12.1 Å². The molecule has 1 unspecified atom stereocenters. The summed E-state index contributed by atoms with van der Waals surface area (Å²) in [4.78, 5) is 24.4. The van der Waals surface area contributed by atoms with E-state index >= 15 is 0 Å². The number of amides is 1. The van der Waals surface area contributed by atoms with Crippen LogP contribution in [0.5, 0.6) is 0 Å². The molecule has 1 saturated heterocycles. The fourth-order valence-electron chi connectivity index (χ4n) is 3.09. The Kier molecular flexibility index (Phi) is 6.54. The number of benzene rings is 2. The first kappa shape index (κ1) is 22.6. The minimum atomic E-state index is -4.51. The smallest absolute Gasteiger partial charge is 0.416 e. The molecule has 0 radical (unpaired) electrons. The topological polar surface area (TPSA) is 102 Å². The van der Waals surface area contributed by atoms with Gasteiger partial charge in [-0.05, 0) is 36.8 Å². The monoisotopic (exact) mass is 456 g/mol. The summed E-state index contributed by atoms with van der Waals surface area (Å²) in [5.74, 6) is -1.66. The molecule has 11 heteroatoms. The minimum absolute atomic E-state index is 0.00762. The van der Waals surface area contributed by atoms with Crippen molar-refractivity contribution in [2.45, 2.75) is 18.6 Å². The fourth-order valence-corrected chi connectivity index (χ4v) is 4.76. The van der Waals surface area contributed by atoms with Gasteiger partial charge in [-0.25, -0.2) is 13.2 Å². The zero-order valence-electron chi connectivity index (χ0n) is 16.1. The average molecular weight is 456 g/mol. The van der Waals surface area contributed by atoms with E-state index in [-0.39, 0.29) is 28.4 Å². The number of hydrogen-bond acceptors (Lipinski definition) is 6. The lowest BCUT2D eigenvalue weighted by atomic mass is 10.1. The van der Waals surface area contributed by atoms with Gasteiger partial charge in [0.2, 0.25) is 0 Å². The zero-order chi connectivity index (χ0) is 22.6. The van der Waals surface area contributed by atoms with Crippen molar-refractivity contribution in [2.75, 3.05) is 23.4 Å². The van der Waals surface area contributed by atoms with E-state index in [1.807, 2.05) is 0 Å². The van der Waals surface area contributed by atoms with Gasteiger partial charge >= 0.3 is 12.1 Å². The van der Waals surface area contributed by atoms with Gasteiger partial charge in [0, 0.05) is 11.7 Å². The number of ether oxygens (including phenoxy) is 1. The van der Waals surface area contributed by atoms with Crippen LogP contribution in [0, 0.1) is 0 Å². The molecule has 0 bridgehead atoms. The summed E-state index contributed by atoms with van der Waals surface area (Å²) >= 11 is 0. The second kappa shape index (κ2) is 8.96. The summed E-state index contributed by atoms with van der Waals surface area (Å²) in [7, 11) is -3.16. The predicted molar refractivity (Wildman–Crippen MR) is 107 cm³/mol. The molecule has 1 heterocycles. The van der Waals surface area contributed by atoms with Crippen LogP contribution in [0.15, 0.2) is 48.5 Å². The molecule has 2 aromatic rings. The van der Waals surface area contributed by atoms with Gasteiger partial charge in [-0.3, -0.25) is 4.79 Å². The maximum Gasteiger partial charge on any atom is 0.416 e. The largest absolute Gasteiger partial charge is 0.452 e. The Bertz CT molecular complexity index is 1090. The second-order valence-corrected chi connectivity index (χ2v) is 9.22. The van der Waals surface area contributed by atoms with Gasteiger partial charge in [-0.15, -0.1) is 0 Å². The molecule has 3 rings (SSSR count). The first-order valence-electron chi connectivity index (χ1n) is 9.24. The molecule has 31 heavy (non-hydrogen) atoms. The molecule has 1 aliphatic rings. The average Bonchev–Trinajstić information content (AvgIpc) is 3.04. The highest BCUT2D eigenvalue weighted by molar-refractivity contribution is 7.91. The molecule has 0 saturated carbocycles. The summed E-state index contributed by atoms with van der Waals surface area (Å²) in [5.41, 5.74) is -0.497. The number of rotatable bonds is 6. The lowest BCUT2D eigenvalue weighted by Crippen LogP contribution is -2.38. The Morgan fingerprint density at radius 2 is 1.84 bits per heavy atom. The van der Waals surface area contributed by atoms with Crippen LogP contribution in [-0.2, 0) is 25.5 Å². The third-order valence-electron chi connectivity index (χ3n) is 4.55. The molecule has 7 nitrogen and oxygen atoms in total. The van der Waals surface area contributed by atoms with Gasteiger partial charge in [0.15, 0.2) is 16.4 Å². The van der Waals surface area contributed by atoms with Crippen molar-refractivity contribution in [3.63, 3.8) is 0 Å². The Hall–Kier alpha value is -3.08. The first-order chi connectivity index (χ1) is 14.5. The van der Waals surface area contributed by atoms with Crippen LogP contribution in [-0.4, -0.2) is 44.4 Å². The van der Waals surface area contributed by atoms with Crippen molar-refractivity contribution in [3.8, 4) is 0 Å². The van der Waals surface area contributed by atoms with Gasteiger partial charge in [-0.2, -0.15) is 13.2 Å². The highest BCUT2D eigenvalue weighted by atomic mass is 32.2. The SMILES string of the molecule is O=C(COC(=O)c1ccccc1Nc1cccc(C(F)(F)F)c1)NC1CCS(=O)(=O)C1. The van der Waals surface area contributed by atoms with E-state index in [9.17, 15) is 31.2 Å². The van der Waals surface area contributed by atoms with E-state index < -0.39 is 46.1 Å². The van der Waals surface area contributed by atoms with Crippen molar-refractivity contribution in [3.05, 3.63) is 59.7 Å². The van der Waals surface area contributed by atoms with Crippen LogP contribution in [0.4, 0.5) is 24.5 Å². The number of anilines is 2. The Morgan fingerprint density at radius 3 is 2.52 bits per heavy atom. The van der Waals surface area contributed by atoms with Gasteiger partial charge < -0.3 is 15.4 Å². The van der Waals surface area contributed by atoms with Gasteiger partial charge in [-0.1, -0.05) is 18.2 Å². The Labute approximate surface area is 176 Å². The van der Waals surface area contributed by atoms with E-state index in [1.54, 1.807) is 6.07 Å². The lowest BCUT2D eigenvalue weighted by Gasteiger charge is -2.14. The number of carbonyl (C=O) groups is 2. The van der Waals surface area contributed by atoms with E-state index in [1.165, 1.54) is 30.3 Å². The summed E-state index contributed by atoms with van der Waals surface area (Å²) in [6.07, 6.45) is -4.21. The van der Waals surface area contributed by atoms with Crippen molar-refractivity contribution in [1.29, 1.82) is 0 Å². The molecule has 0 spiro atoms. The van der Waals surface area contributed by atoms with Crippen LogP contribution in [0.25, 0.3) is 0 Å². The van der Waals surface area contributed by atoms with E-state index in [2.05, 4.69) is 10.6 Å². The molecular formula is C20H19F3N2O5S. The number of nitrogens with one attached hydrogen (secondary N) is 2. The zero-order valence-corrected chi connectivity index (χ0v) is 16.9. The Morgan fingerprint density at radius 1 is 1.10 bits per heavy atom. The molecular weight excluding hydrogens is 437 g/mol. The summed E-state index contributed by atoms with van der Waals surface area (Å²) in [5, 5.41) is 5.25. The highest BCUT2D eigenvalue weighted by Gasteiger charge is 2.31. The molecule has 1 amide bonds. The molecule has 2 N–H and O–H groups in total. The second-order valence-electron chi connectivity index (χ2n) is 6.99. The van der Waals surface area contributed by atoms with Crippen LogP contribution in [0.1, 0.15) is 22.3 Å². The van der Waals surface area contributed by atoms with Gasteiger partial charge in [0.25, 0.3) is 5.91 Å².